The fourth-order valence-corrected chi connectivity index (χ4v) is 4.35. The van der Waals surface area contributed by atoms with Gasteiger partial charge in [-0.25, -0.2) is 0 Å². The second-order valence-electron chi connectivity index (χ2n) is 8.22. The maximum absolute atomic E-state index is 2.78. The molecule has 0 spiro atoms. The molecule has 1 heterocycles. The Hall–Kier alpha value is 0.690. The van der Waals surface area contributed by atoms with E-state index in [0.717, 1.165) is 6.04 Å². The third kappa shape index (κ3) is 14.4. The van der Waals surface area contributed by atoms with Crippen molar-refractivity contribution in [2.45, 2.75) is 135 Å². The second-order valence-corrected chi connectivity index (χ2v) is 8.22. The zero-order valence-corrected chi connectivity index (χ0v) is 19.9. The van der Waals surface area contributed by atoms with Gasteiger partial charge in [-0.3, -0.25) is 0 Å². The van der Waals surface area contributed by atoms with Gasteiger partial charge in [-0.2, -0.15) is 0 Å². The van der Waals surface area contributed by atoms with E-state index in [9.17, 15) is 0 Å². The minimum atomic E-state index is 0. The monoisotopic (exact) mass is 465 g/mol. The van der Waals surface area contributed by atoms with E-state index >= 15 is 0 Å². The van der Waals surface area contributed by atoms with Gasteiger partial charge in [0.2, 0.25) is 0 Å². The number of rotatable bonds is 17. The first-order chi connectivity index (χ1) is 11.9. The van der Waals surface area contributed by atoms with Gasteiger partial charge in [0.05, 0.1) is 0 Å². The lowest BCUT2D eigenvalue weighted by Crippen LogP contribution is -2.32. The molecule has 1 aliphatic rings. The highest BCUT2D eigenvalue weighted by molar-refractivity contribution is 14.0. The Morgan fingerprint density at radius 1 is 0.560 bits per heavy atom. The van der Waals surface area contributed by atoms with Crippen LogP contribution in [0.4, 0.5) is 0 Å². The first-order valence-corrected chi connectivity index (χ1v) is 11.6. The highest BCUT2D eigenvalue weighted by Crippen LogP contribution is 2.21. The lowest BCUT2D eigenvalue weighted by atomic mass is 10.0. The number of likely N-dealkylation sites (tertiary alicyclic amines) is 1. The van der Waals surface area contributed by atoms with Crippen molar-refractivity contribution < 1.29 is 0 Å². The van der Waals surface area contributed by atoms with E-state index in [1.165, 1.54) is 129 Å². The Morgan fingerprint density at radius 3 is 1.44 bits per heavy atom. The summed E-state index contributed by atoms with van der Waals surface area (Å²) < 4.78 is 0. The van der Waals surface area contributed by atoms with Gasteiger partial charge in [0.15, 0.2) is 0 Å². The summed E-state index contributed by atoms with van der Waals surface area (Å²) in [4.78, 5) is 2.78. The molecule has 2 heteroatoms. The van der Waals surface area contributed by atoms with Crippen LogP contribution in [0, 0.1) is 0 Å². The first-order valence-electron chi connectivity index (χ1n) is 11.6. The number of halogens is 1. The molecule has 0 radical (unpaired) electrons. The Morgan fingerprint density at radius 2 is 1.00 bits per heavy atom. The van der Waals surface area contributed by atoms with Gasteiger partial charge >= 0.3 is 0 Å². The standard InChI is InChI=1S/C23H47N.HI/c1-3-5-6-7-8-9-10-11-12-13-14-15-16-20-23(19-4-2)24-21-17-18-22-24;/h23H,3-22H2,1-2H3;1H. The van der Waals surface area contributed by atoms with Gasteiger partial charge < -0.3 is 4.90 Å². The third-order valence-corrected chi connectivity index (χ3v) is 5.92. The summed E-state index contributed by atoms with van der Waals surface area (Å²) in [6, 6.07) is 0.908. The quantitative estimate of drug-likeness (QED) is 0.154. The minimum absolute atomic E-state index is 0. The van der Waals surface area contributed by atoms with Crippen LogP contribution in [0.1, 0.15) is 129 Å². The van der Waals surface area contributed by atoms with Crippen LogP contribution in [-0.2, 0) is 0 Å². The van der Waals surface area contributed by atoms with Crippen LogP contribution in [0.25, 0.3) is 0 Å². The van der Waals surface area contributed by atoms with E-state index in [2.05, 4.69) is 18.7 Å². The third-order valence-electron chi connectivity index (χ3n) is 5.92. The predicted molar refractivity (Wildman–Crippen MR) is 125 cm³/mol. The van der Waals surface area contributed by atoms with Crippen molar-refractivity contribution in [1.82, 2.24) is 4.90 Å². The number of hydrogen-bond donors (Lipinski definition) is 0. The van der Waals surface area contributed by atoms with Crippen LogP contribution >= 0.6 is 24.0 Å². The summed E-state index contributed by atoms with van der Waals surface area (Å²) in [7, 11) is 0. The summed E-state index contributed by atoms with van der Waals surface area (Å²) in [5.74, 6) is 0. The van der Waals surface area contributed by atoms with E-state index in [1.807, 2.05) is 0 Å². The molecule has 0 aromatic rings. The molecule has 0 N–H and O–H groups in total. The number of hydrogen-bond acceptors (Lipinski definition) is 1. The smallest absolute Gasteiger partial charge is 0.00951 e. The second kappa shape index (κ2) is 19.5. The molecule has 1 aliphatic heterocycles. The molecule has 0 aromatic heterocycles. The molecule has 1 atom stereocenters. The first kappa shape index (κ1) is 25.7. The molecule has 25 heavy (non-hydrogen) atoms. The van der Waals surface area contributed by atoms with Crippen molar-refractivity contribution in [3.63, 3.8) is 0 Å². The molecule has 1 rings (SSSR count). The van der Waals surface area contributed by atoms with Crippen LogP contribution in [0.2, 0.25) is 0 Å². The van der Waals surface area contributed by atoms with Crippen LogP contribution in [-0.4, -0.2) is 24.0 Å². The van der Waals surface area contributed by atoms with Crippen LogP contribution in [0.5, 0.6) is 0 Å². The summed E-state index contributed by atoms with van der Waals surface area (Å²) in [5, 5.41) is 0. The van der Waals surface area contributed by atoms with E-state index in [-0.39, 0.29) is 24.0 Å². The summed E-state index contributed by atoms with van der Waals surface area (Å²) >= 11 is 0. The Labute approximate surface area is 177 Å². The maximum Gasteiger partial charge on any atom is 0.00951 e. The molecule has 0 saturated carbocycles. The van der Waals surface area contributed by atoms with Crippen molar-refractivity contribution in [3.8, 4) is 0 Å². The summed E-state index contributed by atoms with van der Waals surface area (Å²) in [6.45, 7) is 7.41. The van der Waals surface area contributed by atoms with E-state index < -0.39 is 0 Å². The van der Waals surface area contributed by atoms with Crippen molar-refractivity contribution in [2.75, 3.05) is 13.1 Å². The largest absolute Gasteiger partial charge is 0.300 e. The van der Waals surface area contributed by atoms with Crippen LogP contribution < -0.4 is 0 Å². The van der Waals surface area contributed by atoms with Crippen molar-refractivity contribution in [2.24, 2.45) is 0 Å². The molecule has 1 nitrogen and oxygen atoms in total. The van der Waals surface area contributed by atoms with Gasteiger partial charge in [-0.1, -0.05) is 104 Å². The highest BCUT2D eigenvalue weighted by atomic mass is 127. The fraction of sp³-hybridized carbons (Fsp3) is 1.00. The van der Waals surface area contributed by atoms with Crippen LogP contribution in [0.15, 0.2) is 0 Å². The predicted octanol–water partition coefficient (Wildman–Crippen LogP) is 8.35. The average Bonchev–Trinajstić information content (AvgIpc) is 3.12. The fourth-order valence-electron chi connectivity index (χ4n) is 4.35. The SMILES string of the molecule is CCCCCCCCCCCCCCCC(CCC)N1CCCC1.I. The molecule has 0 aromatic carbocycles. The zero-order chi connectivity index (χ0) is 17.3. The highest BCUT2D eigenvalue weighted by Gasteiger charge is 2.20. The number of nitrogens with zero attached hydrogens (tertiary/aromatic N) is 1. The van der Waals surface area contributed by atoms with Crippen LogP contribution in [0.3, 0.4) is 0 Å². The molecular weight excluding hydrogens is 417 g/mol. The van der Waals surface area contributed by atoms with Crippen molar-refractivity contribution in [1.29, 1.82) is 0 Å². The molecule has 0 aliphatic carbocycles. The summed E-state index contributed by atoms with van der Waals surface area (Å²) in [6.07, 6.45) is 26.2. The Bertz CT molecular complexity index is 250. The molecule has 0 amide bonds. The normalized spacial score (nSPS) is 16.1. The van der Waals surface area contributed by atoms with Gasteiger partial charge in [0.1, 0.15) is 0 Å². The summed E-state index contributed by atoms with van der Waals surface area (Å²) in [5.41, 5.74) is 0. The molecule has 152 valence electrons. The van der Waals surface area contributed by atoms with Crippen molar-refractivity contribution >= 4 is 24.0 Å². The maximum atomic E-state index is 2.78. The van der Waals surface area contributed by atoms with Gasteiger partial charge in [0, 0.05) is 6.04 Å². The van der Waals surface area contributed by atoms with Gasteiger partial charge in [0.25, 0.3) is 0 Å². The van der Waals surface area contributed by atoms with E-state index in [0.29, 0.717) is 0 Å². The average molecular weight is 466 g/mol. The molecule has 1 saturated heterocycles. The van der Waals surface area contributed by atoms with Crippen molar-refractivity contribution in [3.05, 3.63) is 0 Å². The Balaban J connectivity index is 0.00000576. The topological polar surface area (TPSA) is 3.24 Å². The molecule has 0 bridgehead atoms. The lowest BCUT2D eigenvalue weighted by molar-refractivity contribution is 0.213. The molecular formula is C23H48IN. The lowest BCUT2D eigenvalue weighted by Gasteiger charge is -2.27. The zero-order valence-electron chi connectivity index (χ0n) is 17.6. The Kier molecular flexibility index (Phi) is 20.0. The van der Waals surface area contributed by atoms with Gasteiger partial charge in [-0.05, 0) is 38.8 Å². The number of unbranched alkanes of at least 4 members (excludes halogenated alkanes) is 12. The van der Waals surface area contributed by atoms with Gasteiger partial charge in [-0.15, -0.1) is 24.0 Å². The molecule has 1 unspecified atom stereocenters. The minimum Gasteiger partial charge on any atom is -0.300 e. The molecule has 1 fully saturated rings. The van der Waals surface area contributed by atoms with E-state index in [4.69, 9.17) is 0 Å². The van der Waals surface area contributed by atoms with E-state index in [1.54, 1.807) is 0 Å².